The van der Waals surface area contributed by atoms with Crippen molar-refractivity contribution in [1.82, 2.24) is 0 Å². The number of nitriles is 1. The Morgan fingerprint density at radius 3 is 2.34 bits per heavy atom. The monoisotopic (exact) mass is 411 g/mol. The Labute approximate surface area is 166 Å². The third kappa shape index (κ3) is 8.38. The van der Waals surface area contributed by atoms with Crippen LogP contribution in [0.3, 0.4) is 0 Å². The minimum absolute atomic E-state index is 0.175. The molecule has 0 unspecified atom stereocenters. The van der Waals surface area contributed by atoms with Crippen LogP contribution in [0.1, 0.15) is 38.5 Å². The minimum Gasteiger partial charge on any atom is -0.426 e. The highest BCUT2D eigenvalue weighted by atomic mass is 19.4. The Kier molecular flexibility index (Phi) is 8.25. The second-order valence-corrected chi connectivity index (χ2v) is 6.79. The molecule has 0 atom stereocenters. The highest BCUT2D eigenvalue weighted by Crippen LogP contribution is 2.33. The largest absolute Gasteiger partial charge is 0.573 e. The van der Waals surface area contributed by atoms with Gasteiger partial charge in [-0.25, -0.2) is 0 Å². The van der Waals surface area contributed by atoms with E-state index >= 15 is 0 Å². The van der Waals surface area contributed by atoms with Gasteiger partial charge in [-0.1, -0.05) is 12.2 Å². The standard InChI is InChI=1S/C21H21F4NO3/c22-17(14-26)5-3-1-2-4-15-6-8-16(9-7-15)20(27)28-18-10-12-19(13-11-18)29-21(23,24)25/h1,3,5,10-13,15-16H,2,4,6-9H2/t15-,16-. The second-order valence-electron chi connectivity index (χ2n) is 6.79. The first-order valence-corrected chi connectivity index (χ1v) is 9.27. The molecule has 0 N–H and O–H groups in total. The van der Waals surface area contributed by atoms with Crippen LogP contribution in [0.5, 0.6) is 11.5 Å². The maximum Gasteiger partial charge on any atom is 0.573 e. The molecule has 0 saturated heterocycles. The predicted molar refractivity (Wildman–Crippen MR) is 97.4 cm³/mol. The van der Waals surface area contributed by atoms with Crippen molar-refractivity contribution < 1.29 is 31.8 Å². The van der Waals surface area contributed by atoms with E-state index in [9.17, 15) is 22.4 Å². The minimum atomic E-state index is -4.77. The summed E-state index contributed by atoms with van der Waals surface area (Å²) in [6.45, 7) is 0. The zero-order valence-electron chi connectivity index (χ0n) is 15.6. The van der Waals surface area contributed by atoms with E-state index in [-0.39, 0.29) is 23.4 Å². The number of carbonyl (C=O) groups is 1. The molecule has 4 nitrogen and oxygen atoms in total. The third-order valence-corrected chi connectivity index (χ3v) is 4.68. The Morgan fingerprint density at radius 2 is 1.76 bits per heavy atom. The van der Waals surface area contributed by atoms with E-state index < -0.39 is 12.2 Å². The summed E-state index contributed by atoms with van der Waals surface area (Å²) in [6, 6.07) is 6.12. The second kappa shape index (κ2) is 10.6. The summed E-state index contributed by atoms with van der Waals surface area (Å²) in [6.07, 6.45) is 4.47. The van der Waals surface area contributed by atoms with Gasteiger partial charge in [-0.15, -0.1) is 13.2 Å². The van der Waals surface area contributed by atoms with Crippen molar-refractivity contribution in [3.63, 3.8) is 0 Å². The summed E-state index contributed by atoms with van der Waals surface area (Å²) >= 11 is 0. The lowest BCUT2D eigenvalue weighted by molar-refractivity contribution is -0.274. The summed E-state index contributed by atoms with van der Waals surface area (Å²) < 4.78 is 58.1. The highest BCUT2D eigenvalue weighted by Gasteiger charge is 2.31. The number of rotatable bonds is 7. The molecule has 0 bridgehead atoms. The number of ether oxygens (including phenoxy) is 2. The quantitative estimate of drug-likeness (QED) is 0.181. The van der Waals surface area contributed by atoms with Gasteiger partial charge in [-0.2, -0.15) is 9.65 Å². The predicted octanol–water partition coefficient (Wildman–Crippen LogP) is 6.01. The van der Waals surface area contributed by atoms with Crippen molar-refractivity contribution in [1.29, 1.82) is 5.26 Å². The average molecular weight is 411 g/mol. The van der Waals surface area contributed by atoms with Gasteiger partial charge in [0.25, 0.3) is 0 Å². The van der Waals surface area contributed by atoms with E-state index in [1.165, 1.54) is 24.3 Å². The Balaban J connectivity index is 1.72. The number of hydrogen-bond donors (Lipinski definition) is 0. The number of allylic oxidation sites excluding steroid dienone is 4. The van der Waals surface area contributed by atoms with Crippen LogP contribution in [0.25, 0.3) is 0 Å². The molecule has 156 valence electrons. The maximum absolute atomic E-state index is 12.6. The van der Waals surface area contributed by atoms with Crippen LogP contribution in [0.15, 0.2) is 48.3 Å². The van der Waals surface area contributed by atoms with Crippen LogP contribution in [0.2, 0.25) is 0 Å². The molecule has 1 aliphatic carbocycles. The van der Waals surface area contributed by atoms with Crippen molar-refractivity contribution in [2.24, 2.45) is 11.8 Å². The zero-order chi connectivity index (χ0) is 21.3. The van der Waals surface area contributed by atoms with E-state index in [0.29, 0.717) is 18.8 Å². The van der Waals surface area contributed by atoms with Gasteiger partial charge >= 0.3 is 12.3 Å². The molecule has 1 aliphatic rings. The number of alkyl halides is 3. The molecular formula is C21H21F4NO3. The van der Waals surface area contributed by atoms with E-state index in [1.807, 2.05) is 6.08 Å². The lowest BCUT2D eigenvalue weighted by atomic mass is 9.80. The first-order valence-electron chi connectivity index (χ1n) is 9.27. The summed E-state index contributed by atoms with van der Waals surface area (Å²) in [5, 5.41) is 8.30. The molecule has 0 spiro atoms. The van der Waals surface area contributed by atoms with Crippen LogP contribution in [0.4, 0.5) is 17.6 Å². The third-order valence-electron chi connectivity index (χ3n) is 4.68. The van der Waals surface area contributed by atoms with E-state index in [2.05, 4.69) is 4.74 Å². The number of benzene rings is 1. The van der Waals surface area contributed by atoms with Crippen molar-refractivity contribution in [2.75, 3.05) is 0 Å². The van der Waals surface area contributed by atoms with Crippen LogP contribution in [-0.4, -0.2) is 12.3 Å². The van der Waals surface area contributed by atoms with Crippen LogP contribution in [-0.2, 0) is 4.79 Å². The molecule has 1 saturated carbocycles. The summed E-state index contributed by atoms with van der Waals surface area (Å²) in [7, 11) is 0. The lowest BCUT2D eigenvalue weighted by Gasteiger charge is -2.26. The smallest absolute Gasteiger partial charge is 0.426 e. The molecule has 1 aromatic rings. The zero-order valence-corrected chi connectivity index (χ0v) is 15.6. The molecule has 2 rings (SSSR count). The Hall–Kier alpha value is -2.82. The van der Waals surface area contributed by atoms with Gasteiger partial charge in [0, 0.05) is 0 Å². The van der Waals surface area contributed by atoms with Gasteiger partial charge in [0.2, 0.25) is 0 Å². The fourth-order valence-corrected chi connectivity index (χ4v) is 3.21. The van der Waals surface area contributed by atoms with Gasteiger partial charge in [-0.05, 0) is 74.8 Å². The molecule has 1 fully saturated rings. The van der Waals surface area contributed by atoms with Crippen molar-refractivity contribution in [3.05, 3.63) is 48.3 Å². The fourth-order valence-electron chi connectivity index (χ4n) is 3.21. The van der Waals surface area contributed by atoms with Gasteiger partial charge in [-0.3, -0.25) is 4.79 Å². The molecule has 0 aromatic heterocycles. The highest BCUT2D eigenvalue weighted by molar-refractivity contribution is 5.75. The van der Waals surface area contributed by atoms with Crippen LogP contribution >= 0.6 is 0 Å². The van der Waals surface area contributed by atoms with Gasteiger partial charge < -0.3 is 9.47 Å². The number of halogens is 4. The van der Waals surface area contributed by atoms with Gasteiger partial charge in [0.15, 0.2) is 5.83 Å². The number of esters is 1. The molecule has 29 heavy (non-hydrogen) atoms. The van der Waals surface area contributed by atoms with Crippen LogP contribution < -0.4 is 9.47 Å². The summed E-state index contributed by atoms with van der Waals surface area (Å²) in [4.78, 5) is 12.3. The lowest BCUT2D eigenvalue weighted by Crippen LogP contribution is -2.25. The first kappa shape index (κ1) is 22.5. The van der Waals surface area contributed by atoms with Crippen molar-refractivity contribution in [2.45, 2.75) is 44.9 Å². The molecule has 1 aromatic carbocycles. The normalized spacial score (nSPS) is 20.3. The van der Waals surface area contributed by atoms with Gasteiger partial charge in [0.05, 0.1) is 5.92 Å². The molecule has 0 aliphatic heterocycles. The first-order chi connectivity index (χ1) is 13.8. The molecule has 8 heteroatoms. The number of carbonyl (C=O) groups excluding carboxylic acids is 1. The number of hydrogen-bond acceptors (Lipinski definition) is 4. The Bertz CT molecular complexity index is 771. The molecular weight excluding hydrogens is 390 g/mol. The molecule has 0 amide bonds. The van der Waals surface area contributed by atoms with Crippen molar-refractivity contribution in [3.8, 4) is 17.6 Å². The van der Waals surface area contributed by atoms with E-state index in [0.717, 1.165) is 43.9 Å². The van der Waals surface area contributed by atoms with E-state index in [1.54, 1.807) is 0 Å². The fraction of sp³-hybridized carbons (Fsp3) is 0.429. The maximum atomic E-state index is 12.6. The molecule has 0 heterocycles. The summed E-state index contributed by atoms with van der Waals surface area (Å²) in [5.41, 5.74) is 0. The van der Waals surface area contributed by atoms with Crippen molar-refractivity contribution >= 4 is 5.97 Å². The topological polar surface area (TPSA) is 59.3 Å². The molecule has 0 radical (unpaired) electrons. The van der Waals surface area contributed by atoms with E-state index in [4.69, 9.17) is 10.00 Å². The Morgan fingerprint density at radius 1 is 1.14 bits per heavy atom. The SMILES string of the molecule is N#CC(F)=CC=CCC[C@H]1CC[C@H](C(=O)Oc2ccc(OC(F)(F)F)cc2)CC1. The van der Waals surface area contributed by atoms with Crippen LogP contribution in [0, 0.1) is 23.2 Å². The average Bonchev–Trinajstić information content (AvgIpc) is 2.68. The summed E-state index contributed by atoms with van der Waals surface area (Å²) in [5.74, 6) is -1.19. The number of nitrogens with zero attached hydrogens (tertiary/aromatic N) is 1. The van der Waals surface area contributed by atoms with Gasteiger partial charge in [0.1, 0.15) is 17.6 Å².